The largest absolute Gasteiger partial charge is 0.316 e. The highest BCUT2D eigenvalue weighted by molar-refractivity contribution is 5.14. The lowest BCUT2D eigenvalue weighted by Gasteiger charge is -2.28. The smallest absolute Gasteiger partial charge is 0.0205 e. The third kappa shape index (κ3) is 3.55. The molecule has 1 saturated heterocycles. The molecule has 2 nitrogen and oxygen atoms in total. The quantitative estimate of drug-likeness (QED) is 0.787. The van der Waals surface area contributed by atoms with E-state index in [2.05, 4.69) is 47.9 Å². The molecule has 2 rings (SSSR count). The average molecular weight is 232 g/mol. The predicted molar refractivity (Wildman–Crippen MR) is 73.0 cm³/mol. The first-order chi connectivity index (χ1) is 8.35. The zero-order valence-electron chi connectivity index (χ0n) is 10.8. The molecule has 0 saturated carbocycles. The van der Waals surface area contributed by atoms with Crippen molar-refractivity contribution in [1.29, 1.82) is 0 Å². The van der Waals surface area contributed by atoms with E-state index >= 15 is 0 Å². The minimum absolute atomic E-state index is 0.504. The van der Waals surface area contributed by atoms with E-state index in [9.17, 15) is 0 Å². The minimum Gasteiger partial charge on any atom is -0.316 e. The second-order valence-electron chi connectivity index (χ2n) is 5.27. The summed E-state index contributed by atoms with van der Waals surface area (Å²) in [7, 11) is 0. The van der Waals surface area contributed by atoms with Crippen LogP contribution in [0.15, 0.2) is 30.3 Å². The topological polar surface area (TPSA) is 24.1 Å². The summed E-state index contributed by atoms with van der Waals surface area (Å²) in [4.78, 5) is 0. The van der Waals surface area contributed by atoms with E-state index in [1.54, 1.807) is 0 Å². The van der Waals surface area contributed by atoms with Crippen LogP contribution in [0, 0.1) is 5.41 Å². The highest BCUT2D eigenvalue weighted by Crippen LogP contribution is 2.30. The van der Waals surface area contributed by atoms with Gasteiger partial charge < -0.3 is 10.6 Å². The molecule has 1 aliphatic heterocycles. The SMILES string of the molecule is CCCC1(CNCc2ccccc2)CCNC1. The second-order valence-corrected chi connectivity index (χ2v) is 5.27. The number of hydrogen-bond donors (Lipinski definition) is 2. The lowest BCUT2D eigenvalue weighted by atomic mass is 9.82. The van der Waals surface area contributed by atoms with Crippen molar-refractivity contribution in [2.45, 2.75) is 32.7 Å². The molecule has 1 fully saturated rings. The van der Waals surface area contributed by atoms with Crippen LogP contribution in [0.5, 0.6) is 0 Å². The first kappa shape index (κ1) is 12.6. The summed E-state index contributed by atoms with van der Waals surface area (Å²) >= 11 is 0. The molecule has 1 unspecified atom stereocenters. The van der Waals surface area contributed by atoms with Gasteiger partial charge in [0.1, 0.15) is 0 Å². The van der Waals surface area contributed by atoms with E-state index in [0.29, 0.717) is 5.41 Å². The summed E-state index contributed by atoms with van der Waals surface area (Å²) in [5.41, 5.74) is 1.88. The molecule has 94 valence electrons. The van der Waals surface area contributed by atoms with Crippen molar-refractivity contribution in [3.63, 3.8) is 0 Å². The van der Waals surface area contributed by atoms with Crippen molar-refractivity contribution in [1.82, 2.24) is 10.6 Å². The normalized spacial score (nSPS) is 24.1. The molecule has 0 amide bonds. The van der Waals surface area contributed by atoms with Crippen LogP contribution >= 0.6 is 0 Å². The molecule has 0 aromatic heterocycles. The zero-order chi connectivity index (χ0) is 12.0. The Morgan fingerprint density at radius 1 is 1.29 bits per heavy atom. The molecule has 1 aromatic carbocycles. The Hall–Kier alpha value is -0.860. The molecule has 1 atom stereocenters. The highest BCUT2D eigenvalue weighted by atomic mass is 15.0. The molecular formula is C15H24N2. The molecule has 2 heteroatoms. The summed E-state index contributed by atoms with van der Waals surface area (Å²) in [5, 5.41) is 7.14. The summed E-state index contributed by atoms with van der Waals surface area (Å²) in [6, 6.07) is 10.7. The van der Waals surface area contributed by atoms with Crippen LogP contribution in [0.2, 0.25) is 0 Å². The van der Waals surface area contributed by atoms with Crippen LogP contribution in [0.1, 0.15) is 31.7 Å². The molecule has 2 N–H and O–H groups in total. The zero-order valence-corrected chi connectivity index (χ0v) is 10.8. The van der Waals surface area contributed by atoms with Crippen LogP contribution in [-0.2, 0) is 6.54 Å². The fraction of sp³-hybridized carbons (Fsp3) is 0.600. The monoisotopic (exact) mass is 232 g/mol. The van der Waals surface area contributed by atoms with Gasteiger partial charge in [-0.25, -0.2) is 0 Å². The maximum atomic E-state index is 3.63. The van der Waals surface area contributed by atoms with E-state index in [4.69, 9.17) is 0 Å². The lowest BCUT2D eigenvalue weighted by Crippen LogP contribution is -2.35. The Labute approximate surface area is 105 Å². The van der Waals surface area contributed by atoms with Crippen molar-refractivity contribution < 1.29 is 0 Å². The molecule has 0 spiro atoms. The number of hydrogen-bond acceptors (Lipinski definition) is 2. The van der Waals surface area contributed by atoms with E-state index in [0.717, 1.165) is 13.1 Å². The van der Waals surface area contributed by atoms with Gasteiger partial charge >= 0.3 is 0 Å². The Kier molecular flexibility index (Phi) is 4.57. The van der Waals surface area contributed by atoms with Gasteiger partial charge in [-0.15, -0.1) is 0 Å². The van der Waals surface area contributed by atoms with Crippen molar-refractivity contribution >= 4 is 0 Å². The van der Waals surface area contributed by atoms with Gasteiger partial charge in [0.25, 0.3) is 0 Å². The van der Waals surface area contributed by atoms with Gasteiger partial charge in [0.15, 0.2) is 0 Å². The third-order valence-electron chi connectivity index (χ3n) is 3.78. The van der Waals surface area contributed by atoms with Crippen LogP contribution in [0.25, 0.3) is 0 Å². The third-order valence-corrected chi connectivity index (χ3v) is 3.78. The van der Waals surface area contributed by atoms with Crippen LogP contribution in [0.4, 0.5) is 0 Å². The maximum Gasteiger partial charge on any atom is 0.0205 e. The first-order valence-corrected chi connectivity index (χ1v) is 6.80. The van der Waals surface area contributed by atoms with Gasteiger partial charge in [-0.05, 0) is 30.4 Å². The fourth-order valence-electron chi connectivity index (χ4n) is 2.85. The average Bonchev–Trinajstić information content (AvgIpc) is 2.80. The highest BCUT2D eigenvalue weighted by Gasteiger charge is 2.32. The van der Waals surface area contributed by atoms with Gasteiger partial charge in [-0.3, -0.25) is 0 Å². The first-order valence-electron chi connectivity index (χ1n) is 6.80. The Morgan fingerprint density at radius 2 is 2.12 bits per heavy atom. The van der Waals surface area contributed by atoms with E-state index in [-0.39, 0.29) is 0 Å². The summed E-state index contributed by atoms with van der Waals surface area (Å²) in [6.45, 7) is 6.79. The molecule has 0 bridgehead atoms. The molecule has 1 heterocycles. The maximum absolute atomic E-state index is 3.63. The van der Waals surface area contributed by atoms with E-state index in [1.165, 1.54) is 37.9 Å². The molecule has 1 aliphatic rings. The Morgan fingerprint density at radius 3 is 2.76 bits per heavy atom. The number of rotatable bonds is 6. The van der Waals surface area contributed by atoms with Gasteiger partial charge in [-0.2, -0.15) is 0 Å². The van der Waals surface area contributed by atoms with Gasteiger partial charge in [0, 0.05) is 19.6 Å². The van der Waals surface area contributed by atoms with Crippen LogP contribution < -0.4 is 10.6 Å². The molecular weight excluding hydrogens is 208 g/mol. The summed E-state index contributed by atoms with van der Waals surface area (Å²) in [6.07, 6.45) is 3.94. The Bertz CT molecular complexity index is 315. The lowest BCUT2D eigenvalue weighted by molar-refractivity contribution is 0.276. The molecule has 1 aromatic rings. The van der Waals surface area contributed by atoms with Crippen molar-refractivity contribution in [2.75, 3.05) is 19.6 Å². The van der Waals surface area contributed by atoms with Gasteiger partial charge in [-0.1, -0.05) is 43.7 Å². The van der Waals surface area contributed by atoms with Crippen molar-refractivity contribution in [3.8, 4) is 0 Å². The second kappa shape index (κ2) is 6.18. The van der Waals surface area contributed by atoms with Crippen LogP contribution in [0.3, 0.4) is 0 Å². The molecule has 17 heavy (non-hydrogen) atoms. The van der Waals surface area contributed by atoms with E-state index < -0.39 is 0 Å². The van der Waals surface area contributed by atoms with Crippen molar-refractivity contribution in [2.24, 2.45) is 5.41 Å². The van der Waals surface area contributed by atoms with Crippen LogP contribution in [-0.4, -0.2) is 19.6 Å². The fourth-order valence-corrected chi connectivity index (χ4v) is 2.85. The minimum atomic E-state index is 0.504. The van der Waals surface area contributed by atoms with Gasteiger partial charge in [0.2, 0.25) is 0 Å². The Balaban J connectivity index is 1.80. The predicted octanol–water partition coefficient (Wildman–Crippen LogP) is 2.56. The van der Waals surface area contributed by atoms with Crippen molar-refractivity contribution in [3.05, 3.63) is 35.9 Å². The number of benzene rings is 1. The van der Waals surface area contributed by atoms with Gasteiger partial charge in [0.05, 0.1) is 0 Å². The molecule has 0 radical (unpaired) electrons. The summed E-state index contributed by atoms with van der Waals surface area (Å²) in [5.74, 6) is 0. The summed E-state index contributed by atoms with van der Waals surface area (Å²) < 4.78 is 0. The van der Waals surface area contributed by atoms with E-state index in [1.807, 2.05) is 0 Å². The standard InChI is InChI=1S/C15H24N2/c1-2-8-15(9-10-16-12-15)13-17-11-14-6-4-3-5-7-14/h3-7,16-17H,2,8-13H2,1H3. The molecule has 0 aliphatic carbocycles. The number of nitrogens with one attached hydrogen (secondary N) is 2.